The van der Waals surface area contributed by atoms with Crippen molar-refractivity contribution in [1.82, 2.24) is 9.97 Å². The van der Waals surface area contributed by atoms with E-state index in [1.165, 1.54) is 61.2 Å². The van der Waals surface area contributed by atoms with Crippen molar-refractivity contribution in [3.63, 3.8) is 0 Å². The van der Waals surface area contributed by atoms with E-state index in [2.05, 4.69) is 91.0 Å². The minimum absolute atomic E-state index is 0.233. The first kappa shape index (κ1) is 18.5. The number of nitrogens with zero attached hydrogens (tertiary/aromatic N) is 2. The third-order valence-corrected chi connectivity index (χ3v) is 7.90. The third kappa shape index (κ3) is 2.47. The quantitative estimate of drug-likeness (QED) is 0.366. The van der Waals surface area contributed by atoms with Crippen LogP contribution in [0.5, 0.6) is 0 Å². The Bertz CT molecular complexity index is 1580. The van der Waals surface area contributed by atoms with Crippen molar-refractivity contribution in [2.24, 2.45) is 0 Å². The second kappa shape index (κ2) is 6.77. The second-order valence-corrected chi connectivity index (χ2v) is 9.71. The van der Waals surface area contributed by atoms with Crippen LogP contribution in [0.15, 0.2) is 91.0 Å². The van der Waals surface area contributed by atoms with Crippen molar-refractivity contribution in [3.05, 3.63) is 125 Å². The molecule has 0 amide bonds. The first-order valence-electron chi connectivity index (χ1n) is 12.1. The molecular weight excluding hydrogens is 411 g/mol. The molecule has 34 heavy (non-hydrogen) atoms. The molecule has 0 saturated carbocycles. The van der Waals surface area contributed by atoms with Gasteiger partial charge in [-0.1, -0.05) is 102 Å². The smallest absolute Gasteiger partial charge is 0.233 e. The minimum atomic E-state index is 0.233. The number of hydrogen-bond donors (Lipinski definition) is 0. The van der Waals surface area contributed by atoms with Crippen molar-refractivity contribution >= 4 is 23.1 Å². The van der Waals surface area contributed by atoms with Gasteiger partial charge in [-0.3, -0.25) is 0 Å². The Morgan fingerprint density at radius 1 is 0.500 bits per heavy atom. The first-order valence-corrected chi connectivity index (χ1v) is 12.1. The van der Waals surface area contributed by atoms with Gasteiger partial charge < -0.3 is 0 Å². The number of fused-ring (bicyclic) bond motifs is 7. The Kier molecular flexibility index (Phi) is 3.67. The molecule has 0 fully saturated rings. The van der Waals surface area contributed by atoms with Crippen LogP contribution in [0.25, 0.3) is 22.5 Å². The van der Waals surface area contributed by atoms with E-state index in [4.69, 9.17) is 9.97 Å². The van der Waals surface area contributed by atoms with Crippen LogP contribution in [0.4, 0.5) is 0 Å². The topological polar surface area (TPSA) is 25.8 Å². The molecule has 3 heteroatoms. The molecule has 0 unspecified atom stereocenters. The van der Waals surface area contributed by atoms with Gasteiger partial charge in [0, 0.05) is 29.8 Å². The molecule has 0 spiro atoms. The summed E-state index contributed by atoms with van der Waals surface area (Å²) < 4.78 is 0. The lowest BCUT2D eigenvalue weighted by Gasteiger charge is -2.33. The highest BCUT2D eigenvalue weighted by Crippen LogP contribution is 2.42. The van der Waals surface area contributed by atoms with Gasteiger partial charge in [-0.25, -0.2) is 9.97 Å². The van der Waals surface area contributed by atoms with Crippen molar-refractivity contribution in [1.29, 1.82) is 0 Å². The third-order valence-electron chi connectivity index (χ3n) is 7.90. The molecule has 0 N–H and O–H groups in total. The van der Waals surface area contributed by atoms with Crippen molar-refractivity contribution in [2.75, 3.05) is 0 Å². The lowest BCUT2D eigenvalue weighted by Crippen LogP contribution is -2.61. The molecule has 3 heterocycles. The maximum Gasteiger partial charge on any atom is 0.246 e. The molecule has 3 aliphatic rings. The van der Waals surface area contributed by atoms with E-state index in [1.807, 2.05) is 0 Å². The first-order chi connectivity index (χ1) is 16.8. The number of benzene rings is 4. The van der Waals surface area contributed by atoms with Gasteiger partial charge in [-0.05, 0) is 45.3 Å². The zero-order valence-corrected chi connectivity index (χ0v) is 18.8. The zero-order valence-electron chi connectivity index (χ0n) is 18.8. The zero-order chi connectivity index (χ0) is 22.2. The van der Waals surface area contributed by atoms with Crippen LogP contribution in [-0.4, -0.2) is 16.7 Å². The molecular formula is C31H21BN2. The maximum atomic E-state index is 5.29. The predicted molar refractivity (Wildman–Crippen MR) is 139 cm³/mol. The standard InChI is InChI=1S/C31H21BN2/c1-4-12-23-19(8-1)16-22-11-7-13-24(29(22)23)31-33-27-17-20-9-2-5-14-25(20)32-26-15-6-3-10-21(26)18-28(34-31)30(27)32/h1-15H,16-18H2. The molecule has 0 saturated heterocycles. The Morgan fingerprint density at radius 2 is 1.06 bits per heavy atom. The van der Waals surface area contributed by atoms with Crippen molar-refractivity contribution in [2.45, 2.75) is 19.3 Å². The van der Waals surface area contributed by atoms with E-state index in [0.29, 0.717) is 0 Å². The monoisotopic (exact) mass is 432 g/mol. The van der Waals surface area contributed by atoms with Gasteiger partial charge in [0.2, 0.25) is 6.71 Å². The van der Waals surface area contributed by atoms with Gasteiger partial charge in [-0.15, -0.1) is 0 Å². The summed E-state index contributed by atoms with van der Waals surface area (Å²) in [5, 5.41) is 0. The Balaban J connectivity index is 1.38. The van der Waals surface area contributed by atoms with Gasteiger partial charge in [0.15, 0.2) is 5.82 Å². The average molecular weight is 432 g/mol. The fourth-order valence-electron chi connectivity index (χ4n) is 6.46. The molecule has 0 bridgehead atoms. The van der Waals surface area contributed by atoms with Crippen LogP contribution in [0, 0.1) is 0 Å². The highest BCUT2D eigenvalue weighted by molar-refractivity contribution is 6.97. The fourth-order valence-corrected chi connectivity index (χ4v) is 6.46. The average Bonchev–Trinajstić information content (AvgIpc) is 3.27. The normalized spacial score (nSPS) is 14.1. The largest absolute Gasteiger partial charge is 0.246 e. The summed E-state index contributed by atoms with van der Waals surface area (Å²) in [6.07, 6.45) is 2.73. The molecule has 2 nitrogen and oxygen atoms in total. The molecule has 5 aromatic rings. The van der Waals surface area contributed by atoms with E-state index in [-0.39, 0.29) is 6.71 Å². The summed E-state index contributed by atoms with van der Waals surface area (Å²) in [6, 6.07) is 33.2. The van der Waals surface area contributed by atoms with Crippen molar-refractivity contribution < 1.29 is 0 Å². The van der Waals surface area contributed by atoms with E-state index in [0.717, 1.165) is 30.7 Å². The maximum absolute atomic E-state index is 5.29. The lowest BCUT2D eigenvalue weighted by atomic mass is 9.31. The summed E-state index contributed by atoms with van der Waals surface area (Å²) in [5.41, 5.74) is 15.9. The Hall–Kier alpha value is -3.98. The second-order valence-electron chi connectivity index (χ2n) is 9.71. The molecule has 4 aromatic carbocycles. The molecule has 2 aliphatic heterocycles. The van der Waals surface area contributed by atoms with Gasteiger partial charge in [-0.2, -0.15) is 0 Å². The van der Waals surface area contributed by atoms with E-state index in [9.17, 15) is 0 Å². The van der Waals surface area contributed by atoms with Crippen LogP contribution in [0.3, 0.4) is 0 Å². The SMILES string of the molecule is c1ccc2c(c1)Cc1nc(-c3cccc4c3-c3ccccc3C4)nc3c1B2c1ccccc1C3. The summed E-state index contributed by atoms with van der Waals surface area (Å²) in [7, 11) is 0. The van der Waals surface area contributed by atoms with Gasteiger partial charge in [0.05, 0.1) is 0 Å². The van der Waals surface area contributed by atoms with E-state index < -0.39 is 0 Å². The highest BCUT2D eigenvalue weighted by atomic mass is 14.9. The summed E-state index contributed by atoms with van der Waals surface area (Å²) in [4.78, 5) is 10.6. The molecule has 0 radical (unpaired) electrons. The minimum Gasteiger partial charge on any atom is -0.233 e. The molecule has 1 aromatic heterocycles. The summed E-state index contributed by atoms with van der Waals surface area (Å²) in [5.74, 6) is 0.875. The molecule has 1 aliphatic carbocycles. The van der Waals surface area contributed by atoms with E-state index >= 15 is 0 Å². The van der Waals surface area contributed by atoms with Crippen LogP contribution >= 0.6 is 0 Å². The molecule has 158 valence electrons. The summed E-state index contributed by atoms with van der Waals surface area (Å²) in [6.45, 7) is 0.233. The van der Waals surface area contributed by atoms with Crippen LogP contribution in [-0.2, 0) is 19.3 Å². The van der Waals surface area contributed by atoms with Crippen LogP contribution < -0.4 is 16.4 Å². The number of hydrogen-bond acceptors (Lipinski definition) is 2. The van der Waals surface area contributed by atoms with Gasteiger partial charge in [0.25, 0.3) is 0 Å². The van der Waals surface area contributed by atoms with Crippen LogP contribution in [0.1, 0.15) is 33.6 Å². The van der Waals surface area contributed by atoms with Crippen molar-refractivity contribution in [3.8, 4) is 22.5 Å². The molecule has 8 rings (SSSR count). The Labute approximate surface area is 199 Å². The van der Waals surface area contributed by atoms with E-state index in [1.54, 1.807) is 0 Å². The molecule has 0 atom stereocenters. The predicted octanol–water partition coefficient (Wildman–Crippen LogP) is 4.04. The number of rotatable bonds is 1. The lowest BCUT2D eigenvalue weighted by molar-refractivity contribution is 0.985. The van der Waals surface area contributed by atoms with Gasteiger partial charge in [0.1, 0.15) is 0 Å². The highest BCUT2D eigenvalue weighted by Gasteiger charge is 2.38. The van der Waals surface area contributed by atoms with Crippen LogP contribution in [0.2, 0.25) is 0 Å². The number of aromatic nitrogens is 2. The fraction of sp³-hybridized carbons (Fsp3) is 0.0968. The van der Waals surface area contributed by atoms with Gasteiger partial charge >= 0.3 is 0 Å². The summed E-state index contributed by atoms with van der Waals surface area (Å²) >= 11 is 0. The Morgan fingerprint density at radius 3 is 1.76 bits per heavy atom.